The van der Waals surface area contributed by atoms with Crippen LogP contribution in [0.3, 0.4) is 0 Å². The summed E-state index contributed by atoms with van der Waals surface area (Å²) in [5.41, 5.74) is 0.266. The fourth-order valence-electron chi connectivity index (χ4n) is 1.59. The third kappa shape index (κ3) is 3.57. The molecule has 2 rings (SSSR count). The number of nitro benzene ring substituents is 1. The third-order valence-electron chi connectivity index (χ3n) is 2.60. The van der Waals surface area contributed by atoms with Gasteiger partial charge in [-0.3, -0.25) is 10.1 Å². The maximum atomic E-state index is 11.0. The van der Waals surface area contributed by atoms with Crippen LogP contribution in [-0.4, -0.2) is 10.0 Å². The number of nitro groups is 1. The second kappa shape index (κ2) is 6.49. The van der Waals surface area contributed by atoms with Crippen molar-refractivity contribution in [3.63, 3.8) is 0 Å². The van der Waals surface area contributed by atoms with Crippen LogP contribution >= 0.6 is 34.8 Å². The molecule has 0 aliphatic heterocycles. The second-order valence-corrected chi connectivity index (χ2v) is 5.24. The number of nitrogens with zero attached hydrogens (tertiary/aromatic N) is 1. The first-order valence-corrected chi connectivity index (χ1v) is 6.76. The molecule has 21 heavy (non-hydrogen) atoms. The number of aliphatic hydroxyl groups is 1. The van der Waals surface area contributed by atoms with E-state index in [1.807, 2.05) is 0 Å². The van der Waals surface area contributed by atoms with Crippen LogP contribution in [0.1, 0.15) is 5.56 Å². The molecule has 0 aromatic heterocycles. The molecule has 0 saturated carbocycles. The van der Waals surface area contributed by atoms with E-state index in [-0.39, 0.29) is 38.9 Å². The van der Waals surface area contributed by atoms with Gasteiger partial charge in [-0.25, -0.2) is 0 Å². The van der Waals surface area contributed by atoms with Crippen LogP contribution < -0.4 is 4.74 Å². The summed E-state index contributed by atoms with van der Waals surface area (Å²) in [5.74, 6) is 0.128. The highest BCUT2D eigenvalue weighted by Crippen LogP contribution is 2.39. The van der Waals surface area contributed by atoms with Gasteiger partial charge in [-0.15, -0.1) is 0 Å². The minimum atomic E-state index is -0.631. The molecule has 8 heteroatoms. The van der Waals surface area contributed by atoms with Crippen molar-refractivity contribution in [3.8, 4) is 11.5 Å². The summed E-state index contributed by atoms with van der Waals surface area (Å²) in [5, 5.41) is 20.4. The van der Waals surface area contributed by atoms with Crippen molar-refractivity contribution in [1.29, 1.82) is 0 Å². The average molecular weight is 349 g/mol. The quantitative estimate of drug-likeness (QED) is 0.634. The smallest absolute Gasteiger partial charge is 0.313 e. The van der Waals surface area contributed by atoms with E-state index < -0.39 is 4.92 Å². The van der Waals surface area contributed by atoms with E-state index in [0.29, 0.717) is 5.56 Å². The van der Waals surface area contributed by atoms with Gasteiger partial charge in [-0.2, -0.15) is 0 Å². The van der Waals surface area contributed by atoms with Gasteiger partial charge < -0.3 is 9.84 Å². The molecule has 0 saturated heterocycles. The molecule has 2 aromatic rings. The molecule has 110 valence electrons. The molecule has 0 aliphatic carbocycles. The third-order valence-corrected chi connectivity index (χ3v) is 3.61. The monoisotopic (exact) mass is 347 g/mol. The van der Waals surface area contributed by atoms with E-state index in [9.17, 15) is 10.1 Å². The average Bonchev–Trinajstić information content (AvgIpc) is 2.44. The van der Waals surface area contributed by atoms with Crippen LogP contribution in [0.4, 0.5) is 5.69 Å². The van der Waals surface area contributed by atoms with Crippen molar-refractivity contribution in [2.24, 2.45) is 0 Å². The van der Waals surface area contributed by atoms with E-state index in [4.69, 9.17) is 44.6 Å². The highest BCUT2D eigenvalue weighted by molar-refractivity contribution is 6.42. The minimum Gasteiger partial charge on any atom is -0.448 e. The lowest BCUT2D eigenvalue weighted by Crippen LogP contribution is -1.95. The molecule has 0 fully saturated rings. The summed E-state index contributed by atoms with van der Waals surface area (Å²) in [7, 11) is 0. The molecule has 1 N–H and O–H groups in total. The number of ether oxygens (including phenoxy) is 1. The van der Waals surface area contributed by atoms with Crippen molar-refractivity contribution in [3.05, 3.63) is 61.1 Å². The second-order valence-electron chi connectivity index (χ2n) is 4.02. The molecule has 0 heterocycles. The van der Waals surface area contributed by atoms with Crippen molar-refractivity contribution >= 4 is 40.5 Å². The molecule has 0 aliphatic rings. The Hall–Kier alpha value is -1.53. The highest BCUT2D eigenvalue weighted by atomic mass is 35.5. The molecule has 0 unspecified atom stereocenters. The predicted molar refractivity (Wildman–Crippen MR) is 80.6 cm³/mol. The largest absolute Gasteiger partial charge is 0.448 e. The summed E-state index contributed by atoms with van der Waals surface area (Å²) >= 11 is 17.6. The lowest BCUT2D eigenvalue weighted by Gasteiger charge is -2.10. The Morgan fingerprint density at radius 1 is 1.05 bits per heavy atom. The van der Waals surface area contributed by atoms with Gasteiger partial charge in [0.1, 0.15) is 5.75 Å². The molecule has 0 spiro atoms. The van der Waals surface area contributed by atoms with Crippen LogP contribution in [-0.2, 0) is 6.61 Å². The molecular weight excluding hydrogens is 341 g/mol. The molecule has 2 aromatic carbocycles. The van der Waals surface area contributed by atoms with E-state index >= 15 is 0 Å². The van der Waals surface area contributed by atoms with Gasteiger partial charge in [0.2, 0.25) is 5.75 Å². The van der Waals surface area contributed by atoms with Crippen molar-refractivity contribution in [2.75, 3.05) is 0 Å². The topological polar surface area (TPSA) is 72.6 Å². The zero-order valence-corrected chi connectivity index (χ0v) is 12.6. The lowest BCUT2D eigenvalue weighted by molar-refractivity contribution is -0.385. The number of rotatable bonds is 4. The first-order valence-electron chi connectivity index (χ1n) is 5.63. The first kappa shape index (κ1) is 15.9. The normalized spacial score (nSPS) is 10.5. The van der Waals surface area contributed by atoms with E-state index in [0.717, 1.165) is 6.07 Å². The molecule has 0 bridgehead atoms. The van der Waals surface area contributed by atoms with Crippen LogP contribution in [0, 0.1) is 10.1 Å². The summed E-state index contributed by atoms with van der Waals surface area (Å²) in [6, 6.07) is 6.94. The molecular formula is C13H8Cl3NO4. The van der Waals surface area contributed by atoms with Crippen molar-refractivity contribution in [2.45, 2.75) is 6.61 Å². The summed E-state index contributed by atoms with van der Waals surface area (Å²) < 4.78 is 5.44. The summed E-state index contributed by atoms with van der Waals surface area (Å²) in [4.78, 5) is 10.4. The summed E-state index contributed by atoms with van der Waals surface area (Å²) in [6.07, 6.45) is 0. The number of benzene rings is 2. The SMILES string of the molecule is O=[N+]([O-])c1cc(Cl)c(Cl)cc1Oc1ccc(CO)cc1Cl. The predicted octanol–water partition coefficient (Wildman–Crippen LogP) is 4.84. The molecule has 0 atom stereocenters. The zero-order chi connectivity index (χ0) is 15.6. The van der Waals surface area contributed by atoms with E-state index in [1.165, 1.54) is 18.2 Å². The van der Waals surface area contributed by atoms with Gasteiger partial charge >= 0.3 is 5.69 Å². The van der Waals surface area contributed by atoms with E-state index in [2.05, 4.69) is 0 Å². The molecule has 0 radical (unpaired) electrons. The minimum absolute atomic E-state index is 0.0532. The maximum Gasteiger partial charge on any atom is 0.313 e. The number of aliphatic hydroxyl groups excluding tert-OH is 1. The van der Waals surface area contributed by atoms with Crippen molar-refractivity contribution in [1.82, 2.24) is 0 Å². The molecule has 5 nitrogen and oxygen atoms in total. The molecule has 0 amide bonds. The van der Waals surface area contributed by atoms with Gasteiger partial charge in [-0.1, -0.05) is 40.9 Å². The van der Waals surface area contributed by atoms with E-state index in [1.54, 1.807) is 6.07 Å². The van der Waals surface area contributed by atoms with Gasteiger partial charge in [0, 0.05) is 12.1 Å². The van der Waals surface area contributed by atoms with Crippen molar-refractivity contribution < 1.29 is 14.8 Å². The highest BCUT2D eigenvalue weighted by Gasteiger charge is 2.20. The van der Waals surface area contributed by atoms with Crippen LogP contribution in [0.25, 0.3) is 0 Å². The Labute approximate surface area is 134 Å². The Bertz CT molecular complexity index is 706. The Balaban J connectivity index is 2.43. The van der Waals surface area contributed by atoms with Gasteiger partial charge in [0.05, 0.1) is 26.6 Å². The Morgan fingerprint density at radius 3 is 2.29 bits per heavy atom. The van der Waals surface area contributed by atoms with Gasteiger partial charge in [0.25, 0.3) is 0 Å². The fourth-order valence-corrected chi connectivity index (χ4v) is 2.14. The lowest BCUT2D eigenvalue weighted by atomic mass is 10.2. The zero-order valence-electron chi connectivity index (χ0n) is 10.3. The van der Waals surface area contributed by atoms with Crippen LogP contribution in [0.2, 0.25) is 15.1 Å². The fraction of sp³-hybridized carbons (Fsp3) is 0.0769. The number of hydrogen-bond acceptors (Lipinski definition) is 4. The first-order chi connectivity index (χ1) is 9.92. The van der Waals surface area contributed by atoms with Crippen LogP contribution in [0.15, 0.2) is 30.3 Å². The van der Waals surface area contributed by atoms with Gasteiger partial charge in [0.15, 0.2) is 0 Å². The number of halogens is 3. The van der Waals surface area contributed by atoms with Crippen LogP contribution in [0.5, 0.6) is 11.5 Å². The Morgan fingerprint density at radius 2 is 1.71 bits per heavy atom. The maximum absolute atomic E-state index is 11.0. The summed E-state index contributed by atoms with van der Waals surface area (Å²) in [6.45, 7) is -0.174. The van der Waals surface area contributed by atoms with Gasteiger partial charge in [-0.05, 0) is 17.7 Å². The Kier molecular flexibility index (Phi) is 4.90. The number of hydrogen-bond donors (Lipinski definition) is 1. The standard InChI is InChI=1S/C13H8Cl3NO4/c14-8-4-11(17(19)20)13(5-9(8)15)21-12-2-1-7(6-18)3-10(12)16/h1-5,18H,6H2.